The number of ketones is 1. The third kappa shape index (κ3) is 4.67. The predicted molar refractivity (Wildman–Crippen MR) is 71.6 cm³/mol. The molecule has 0 saturated heterocycles. The van der Waals surface area contributed by atoms with Crippen molar-refractivity contribution in [2.24, 2.45) is 0 Å². The Hall–Kier alpha value is -1.94. The van der Waals surface area contributed by atoms with E-state index in [9.17, 15) is 14.7 Å². The van der Waals surface area contributed by atoms with Gasteiger partial charge in [-0.3, -0.25) is 4.79 Å². The summed E-state index contributed by atoms with van der Waals surface area (Å²) in [4.78, 5) is 22.6. The molecule has 1 aromatic carbocycles. The summed E-state index contributed by atoms with van der Waals surface area (Å²) in [5.41, 5.74) is 0.769. The van der Waals surface area contributed by atoms with Gasteiger partial charge in [0, 0.05) is 12.0 Å². The minimum Gasteiger partial charge on any atom is -0.463 e. The van der Waals surface area contributed by atoms with Crippen LogP contribution in [0.3, 0.4) is 0 Å². The fourth-order valence-corrected chi connectivity index (χ4v) is 1.70. The number of carbonyl (C=O) groups is 2. The van der Waals surface area contributed by atoms with Crippen molar-refractivity contribution in [1.29, 1.82) is 0 Å². The van der Waals surface area contributed by atoms with Crippen molar-refractivity contribution in [3.05, 3.63) is 48.0 Å². The van der Waals surface area contributed by atoms with Crippen molar-refractivity contribution in [1.82, 2.24) is 0 Å². The fraction of sp³-hybridized carbons (Fsp3) is 0.333. The largest absolute Gasteiger partial charge is 0.463 e. The van der Waals surface area contributed by atoms with Crippen LogP contribution in [0.4, 0.5) is 0 Å². The number of esters is 1. The van der Waals surface area contributed by atoms with Crippen LogP contribution in [-0.2, 0) is 14.3 Å². The molecule has 2 atom stereocenters. The van der Waals surface area contributed by atoms with Gasteiger partial charge in [0.15, 0.2) is 5.78 Å². The highest BCUT2D eigenvalue weighted by Crippen LogP contribution is 2.22. The second kappa shape index (κ2) is 7.48. The predicted octanol–water partition coefficient (Wildman–Crippen LogP) is 1.84. The topological polar surface area (TPSA) is 63.6 Å². The summed E-state index contributed by atoms with van der Waals surface area (Å²) in [5, 5.41) is 9.93. The van der Waals surface area contributed by atoms with E-state index in [4.69, 9.17) is 4.74 Å². The molecule has 102 valence electrons. The average molecular weight is 262 g/mol. The highest BCUT2D eigenvalue weighted by atomic mass is 16.5. The highest BCUT2D eigenvalue weighted by molar-refractivity contribution is 5.84. The molecule has 0 amide bonds. The van der Waals surface area contributed by atoms with E-state index in [2.05, 4.69) is 0 Å². The monoisotopic (exact) mass is 262 g/mol. The summed E-state index contributed by atoms with van der Waals surface area (Å²) in [6.45, 7) is 3.32. The standard InChI is InChI=1S/C15H18O4/c1-3-19-14(17)10-9-13(15(18)11(2)16)12-7-5-4-6-8-12/h4-10,13,15,18H,3H2,1-2H3/b10-9+/t13-,15-/m0/s1. The van der Waals surface area contributed by atoms with E-state index in [0.717, 1.165) is 5.56 Å². The quantitative estimate of drug-likeness (QED) is 0.627. The van der Waals surface area contributed by atoms with Gasteiger partial charge in [0.05, 0.1) is 6.61 Å². The van der Waals surface area contributed by atoms with Gasteiger partial charge in [0.1, 0.15) is 6.10 Å². The molecule has 0 fully saturated rings. The van der Waals surface area contributed by atoms with Crippen LogP contribution in [0.25, 0.3) is 0 Å². The lowest BCUT2D eigenvalue weighted by Crippen LogP contribution is -2.25. The highest BCUT2D eigenvalue weighted by Gasteiger charge is 2.22. The number of aliphatic hydroxyl groups excluding tert-OH is 1. The average Bonchev–Trinajstić information content (AvgIpc) is 2.40. The Morgan fingerprint density at radius 3 is 2.47 bits per heavy atom. The molecule has 1 N–H and O–H groups in total. The molecule has 19 heavy (non-hydrogen) atoms. The number of carbonyl (C=O) groups excluding carboxylic acids is 2. The Kier molecular flexibility index (Phi) is 5.96. The summed E-state index contributed by atoms with van der Waals surface area (Å²) in [7, 11) is 0. The van der Waals surface area contributed by atoms with E-state index in [-0.39, 0.29) is 12.4 Å². The Morgan fingerprint density at radius 2 is 1.95 bits per heavy atom. The number of hydrogen-bond donors (Lipinski definition) is 1. The van der Waals surface area contributed by atoms with E-state index < -0.39 is 18.0 Å². The van der Waals surface area contributed by atoms with E-state index in [1.54, 1.807) is 19.1 Å². The molecule has 0 aliphatic rings. The number of benzene rings is 1. The third-order valence-electron chi connectivity index (χ3n) is 2.67. The van der Waals surface area contributed by atoms with Gasteiger partial charge in [0.25, 0.3) is 0 Å². The second-order valence-corrected chi connectivity index (χ2v) is 4.10. The molecule has 0 heterocycles. The van der Waals surface area contributed by atoms with Crippen molar-refractivity contribution in [2.75, 3.05) is 6.61 Å². The van der Waals surface area contributed by atoms with Crippen LogP contribution in [0.2, 0.25) is 0 Å². The summed E-state index contributed by atoms with van der Waals surface area (Å²) in [6.07, 6.45) is 1.57. The third-order valence-corrected chi connectivity index (χ3v) is 2.67. The maximum Gasteiger partial charge on any atom is 0.330 e. The molecule has 0 radical (unpaired) electrons. The molecule has 0 aliphatic heterocycles. The zero-order valence-corrected chi connectivity index (χ0v) is 11.1. The first-order valence-corrected chi connectivity index (χ1v) is 6.14. The van der Waals surface area contributed by atoms with Gasteiger partial charge < -0.3 is 9.84 Å². The van der Waals surface area contributed by atoms with Gasteiger partial charge in [-0.1, -0.05) is 36.4 Å². The first-order valence-electron chi connectivity index (χ1n) is 6.14. The number of aliphatic hydroxyl groups is 1. The van der Waals surface area contributed by atoms with Crippen molar-refractivity contribution < 1.29 is 19.4 Å². The fourth-order valence-electron chi connectivity index (χ4n) is 1.70. The summed E-state index contributed by atoms with van der Waals surface area (Å²) in [6, 6.07) is 9.06. The van der Waals surface area contributed by atoms with Crippen molar-refractivity contribution in [2.45, 2.75) is 25.9 Å². The first-order chi connectivity index (χ1) is 9.06. The van der Waals surface area contributed by atoms with Gasteiger partial charge >= 0.3 is 5.97 Å². The van der Waals surface area contributed by atoms with Crippen molar-refractivity contribution in [3.8, 4) is 0 Å². The van der Waals surface area contributed by atoms with Gasteiger partial charge in [-0.25, -0.2) is 4.79 Å². The van der Waals surface area contributed by atoms with E-state index in [1.807, 2.05) is 18.2 Å². The Morgan fingerprint density at radius 1 is 1.32 bits per heavy atom. The molecule has 0 aliphatic carbocycles. The van der Waals surface area contributed by atoms with Gasteiger partial charge in [-0.15, -0.1) is 0 Å². The van der Waals surface area contributed by atoms with E-state index >= 15 is 0 Å². The van der Waals surface area contributed by atoms with Crippen LogP contribution in [-0.4, -0.2) is 29.6 Å². The van der Waals surface area contributed by atoms with Crippen LogP contribution in [0.1, 0.15) is 25.3 Å². The zero-order chi connectivity index (χ0) is 14.3. The normalized spacial score (nSPS) is 14.1. The maximum atomic E-state index is 11.3. The summed E-state index contributed by atoms with van der Waals surface area (Å²) >= 11 is 0. The molecule has 0 bridgehead atoms. The van der Waals surface area contributed by atoms with Crippen molar-refractivity contribution in [3.63, 3.8) is 0 Å². The van der Waals surface area contributed by atoms with Gasteiger partial charge in [-0.05, 0) is 19.4 Å². The van der Waals surface area contributed by atoms with Crippen LogP contribution >= 0.6 is 0 Å². The number of hydrogen-bond acceptors (Lipinski definition) is 4. The Bertz CT molecular complexity index is 450. The number of Topliss-reactive ketones (excluding diaryl/α,β-unsaturated/α-hetero) is 1. The Balaban J connectivity index is 2.94. The van der Waals surface area contributed by atoms with E-state index in [1.165, 1.54) is 19.1 Å². The summed E-state index contributed by atoms with van der Waals surface area (Å²) in [5.74, 6) is -1.38. The molecule has 4 nitrogen and oxygen atoms in total. The zero-order valence-electron chi connectivity index (χ0n) is 11.1. The van der Waals surface area contributed by atoms with Gasteiger partial charge in [-0.2, -0.15) is 0 Å². The van der Waals surface area contributed by atoms with Crippen LogP contribution in [0, 0.1) is 0 Å². The molecule has 1 aromatic rings. The molecule has 0 aromatic heterocycles. The molecule has 4 heteroatoms. The number of rotatable bonds is 6. The van der Waals surface area contributed by atoms with Crippen molar-refractivity contribution >= 4 is 11.8 Å². The number of ether oxygens (including phenoxy) is 1. The van der Waals surface area contributed by atoms with E-state index in [0.29, 0.717) is 0 Å². The smallest absolute Gasteiger partial charge is 0.330 e. The molecule has 0 saturated carbocycles. The lowest BCUT2D eigenvalue weighted by atomic mass is 9.91. The minimum absolute atomic E-state index is 0.286. The van der Waals surface area contributed by atoms with Crippen LogP contribution in [0.5, 0.6) is 0 Å². The molecule has 0 unspecified atom stereocenters. The summed E-state index contributed by atoms with van der Waals surface area (Å²) < 4.78 is 4.78. The lowest BCUT2D eigenvalue weighted by Gasteiger charge is -2.17. The maximum absolute atomic E-state index is 11.3. The minimum atomic E-state index is -1.17. The second-order valence-electron chi connectivity index (χ2n) is 4.10. The molecule has 1 rings (SSSR count). The molecule has 0 spiro atoms. The SMILES string of the molecule is CCOC(=O)/C=C/[C@@H](c1ccccc1)[C@@H](O)C(C)=O. The first kappa shape index (κ1) is 15.1. The van der Waals surface area contributed by atoms with Crippen LogP contribution < -0.4 is 0 Å². The lowest BCUT2D eigenvalue weighted by molar-refractivity contribution is -0.137. The van der Waals surface area contributed by atoms with Gasteiger partial charge in [0.2, 0.25) is 0 Å². The molecular formula is C15H18O4. The Labute approximate surface area is 112 Å². The molecular weight excluding hydrogens is 244 g/mol. The van der Waals surface area contributed by atoms with Crippen LogP contribution in [0.15, 0.2) is 42.5 Å².